The van der Waals surface area contributed by atoms with Crippen molar-refractivity contribution in [1.29, 1.82) is 0 Å². The lowest BCUT2D eigenvalue weighted by Gasteiger charge is -2.34. The van der Waals surface area contributed by atoms with Gasteiger partial charge in [0.05, 0.1) is 17.4 Å². The van der Waals surface area contributed by atoms with Crippen molar-refractivity contribution in [1.82, 2.24) is 9.88 Å². The van der Waals surface area contributed by atoms with E-state index in [9.17, 15) is 4.79 Å². The number of halogens is 1. The van der Waals surface area contributed by atoms with Gasteiger partial charge >= 0.3 is 0 Å². The molecule has 0 saturated carbocycles. The minimum Gasteiger partial charge on any atom is -0.397 e. The molecule has 1 fully saturated rings. The number of carbonyl (C=O) groups excluding carboxylic acids is 1. The van der Waals surface area contributed by atoms with Crippen molar-refractivity contribution in [3.8, 4) is 0 Å². The molecule has 1 aliphatic heterocycles. The number of aromatic nitrogens is 1. The molecule has 1 aliphatic rings. The molecule has 19 heavy (non-hydrogen) atoms. The Hall–Kier alpha value is -1.29. The number of likely N-dealkylation sites (tertiary alicyclic amines) is 1. The van der Waals surface area contributed by atoms with E-state index in [0.29, 0.717) is 23.1 Å². The third-order valence-electron chi connectivity index (χ3n) is 3.86. The third-order valence-corrected chi connectivity index (χ3v) is 4.16. The van der Waals surface area contributed by atoms with E-state index in [2.05, 4.69) is 18.8 Å². The summed E-state index contributed by atoms with van der Waals surface area (Å²) in [6.45, 7) is 6.04. The van der Waals surface area contributed by atoms with Crippen LogP contribution in [0.15, 0.2) is 12.3 Å². The van der Waals surface area contributed by atoms with E-state index in [0.717, 1.165) is 25.9 Å². The number of nitrogens with zero attached hydrogens (tertiary/aromatic N) is 2. The highest BCUT2D eigenvalue weighted by molar-refractivity contribution is 6.32. The molecule has 4 nitrogen and oxygen atoms in total. The van der Waals surface area contributed by atoms with Gasteiger partial charge in [0.25, 0.3) is 5.91 Å². The van der Waals surface area contributed by atoms with E-state index >= 15 is 0 Å². The lowest BCUT2D eigenvalue weighted by Crippen LogP contribution is -2.39. The average molecular weight is 282 g/mol. The number of anilines is 1. The number of hydrogen-bond donors (Lipinski definition) is 1. The second kappa shape index (κ2) is 5.78. The van der Waals surface area contributed by atoms with Crippen molar-refractivity contribution >= 4 is 23.2 Å². The number of nitrogens with two attached hydrogens (primary N) is 1. The zero-order valence-corrected chi connectivity index (χ0v) is 12.2. The van der Waals surface area contributed by atoms with Crippen LogP contribution in [0.1, 0.15) is 37.0 Å². The largest absolute Gasteiger partial charge is 0.397 e. The normalized spacial score (nSPS) is 16.9. The minimum atomic E-state index is -0.0630. The Bertz CT molecular complexity index is 468. The van der Waals surface area contributed by atoms with Crippen LogP contribution in [0.25, 0.3) is 0 Å². The maximum atomic E-state index is 12.4. The number of amides is 1. The first-order chi connectivity index (χ1) is 8.99. The highest BCUT2D eigenvalue weighted by Crippen LogP contribution is 2.26. The Kier molecular flexibility index (Phi) is 4.30. The summed E-state index contributed by atoms with van der Waals surface area (Å²) >= 11 is 5.98. The van der Waals surface area contributed by atoms with E-state index in [1.54, 1.807) is 6.07 Å². The fourth-order valence-electron chi connectivity index (χ4n) is 2.55. The number of pyridine rings is 1. The zero-order chi connectivity index (χ0) is 14.0. The van der Waals surface area contributed by atoms with Gasteiger partial charge in [-0.3, -0.25) is 4.79 Å². The van der Waals surface area contributed by atoms with Crippen molar-refractivity contribution in [2.75, 3.05) is 18.8 Å². The van der Waals surface area contributed by atoms with Crippen LogP contribution in [-0.2, 0) is 0 Å². The Morgan fingerprint density at radius 1 is 1.47 bits per heavy atom. The lowest BCUT2D eigenvalue weighted by atomic mass is 9.86. The summed E-state index contributed by atoms with van der Waals surface area (Å²) in [5, 5.41) is 0.227. The van der Waals surface area contributed by atoms with E-state index in [1.807, 2.05) is 4.90 Å². The van der Waals surface area contributed by atoms with E-state index in [1.165, 1.54) is 6.20 Å². The first kappa shape index (κ1) is 14.1. The minimum absolute atomic E-state index is 0.0630. The van der Waals surface area contributed by atoms with Gasteiger partial charge in [-0.1, -0.05) is 25.4 Å². The Balaban J connectivity index is 2.07. The number of nitrogen functional groups attached to an aromatic ring is 1. The van der Waals surface area contributed by atoms with Gasteiger partial charge in [0, 0.05) is 13.1 Å². The second-order valence-electron chi connectivity index (χ2n) is 5.48. The molecule has 1 aromatic heterocycles. The molecule has 0 aromatic carbocycles. The highest BCUT2D eigenvalue weighted by atomic mass is 35.5. The lowest BCUT2D eigenvalue weighted by molar-refractivity contribution is 0.0667. The molecule has 1 saturated heterocycles. The SMILES string of the molecule is CC(C)C1CCN(C(=O)c2cc(N)cnc2Cl)CC1. The summed E-state index contributed by atoms with van der Waals surface area (Å²) < 4.78 is 0. The smallest absolute Gasteiger partial charge is 0.257 e. The molecule has 0 atom stereocenters. The zero-order valence-electron chi connectivity index (χ0n) is 11.4. The maximum Gasteiger partial charge on any atom is 0.257 e. The molecule has 0 radical (unpaired) electrons. The van der Waals surface area contributed by atoms with Gasteiger partial charge in [-0.15, -0.1) is 0 Å². The fourth-order valence-corrected chi connectivity index (χ4v) is 2.74. The maximum absolute atomic E-state index is 12.4. The molecule has 5 heteroatoms. The van der Waals surface area contributed by atoms with Crippen molar-refractivity contribution in [2.24, 2.45) is 11.8 Å². The molecule has 104 valence electrons. The highest BCUT2D eigenvalue weighted by Gasteiger charge is 2.26. The van der Waals surface area contributed by atoms with Crippen LogP contribution in [0.2, 0.25) is 5.15 Å². The topological polar surface area (TPSA) is 59.2 Å². The molecule has 1 amide bonds. The van der Waals surface area contributed by atoms with Crippen molar-refractivity contribution in [3.05, 3.63) is 23.0 Å². The molecule has 0 spiro atoms. The van der Waals surface area contributed by atoms with E-state index in [-0.39, 0.29) is 11.1 Å². The Morgan fingerprint density at radius 3 is 2.68 bits per heavy atom. The van der Waals surface area contributed by atoms with Gasteiger partial charge in [0.1, 0.15) is 5.15 Å². The fraction of sp³-hybridized carbons (Fsp3) is 0.571. The van der Waals surface area contributed by atoms with Gasteiger partial charge in [-0.25, -0.2) is 4.98 Å². The van der Waals surface area contributed by atoms with Gasteiger partial charge in [0.15, 0.2) is 0 Å². The van der Waals surface area contributed by atoms with Crippen LogP contribution in [0.3, 0.4) is 0 Å². The van der Waals surface area contributed by atoms with Crippen LogP contribution < -0.4 is 5.73 Å². The standard InChI is InChI=1S/C14H20ClN3O/c1-9(2)10-3-5-18(6-4-10)14(19)12-7-11(16)8-17-13(12)15/h7-10H,3-6,16H2,1-2H3. The van der Waals surface area contributed by atoms with Crippen LogP contribution in [0.5, 0.6) is 0 Å². The Morgan fingerprint density at radius 2 is 2.11 bits per heavy atom. The van der Waals surface area contributed by atoms with Gasteiger partial charge in [-0.2, -0.15) is 0 Å². The van der Waals surface area contributed by atoms with E-state index in [4.69, 9.17) is 17.3 Å². The first-order valence-electron chi connectivity index (χ1n) is 6.69. The predicted octanol–water partition coefficient (Wildman–Crippen LogP) is 2.83. The number of carbonyl (C=O) groups is 1. The van der Waals surface area contributed by atoms with Crippen molar-refractivity contribution in [3.63, 3.8) is 0 Å². The molecule has 1 aromatic rings. The molecule has 0 aliphatic carbocycles. The summed E-state index contributed by atoms with van der Waals surface area (Å²) in [5.74, 6) is 1.32. The predicted molar refractivity (Wildman–Crippen MR) is 77.1 cm³/mol. The summed E-state index contributed by atoms with van der Waals surface area (Å²) in [7, 11) is 0. The van der Waals surface area contributed by atoms with Gasteiger partial charge in [-0.05, 0) is 30.7 Å². The molecular formula is C14H20ClN3O. The Labute approximate surface area is 118 Å². The monoisotopic (exact) mass is 281 g/mol. The van der Waals surface area contributed by atoms with Crippen LogP contribution >= 0.6 is 11.6 Å². The molecule has 0 bridgehead atoms. The first-order valence-corrected chi connectivity index (χ1v) is 7.07. The molecule has 2 rings (SSSR count). The van der Waals surface area contributed by atoms with Crippen LogP contribution in [0, 0.1) is 11.8 Å². The summed E-state index contributed by atoms with van der Waals surface area (Å²) in [5.41, 5.74) is 6.53. The molecule has 2 N–H and O–H groups in total. The van der Waals surface area contributed by atoms with Gasteiger partial charge < -0.3 is 10.6 Å². The van der Waals surface area contributed by atoms with Gasteiger partial charge in [0.2, 0.25) is 0 Å². The molecule has 2 heterocycles. The van der Waals surface area contributed by atoms with Crippen molar-refractivity contribution in [2.45, 2.75) is 26.7 Å². The summed E-state index contributed by atoms with van der Waals surface area (Å²) in [4.78, 5) is 18.2. The van der Waals surface area contributed by atoms with Crippen LogP contribution in [0.4, 0.5) is 5.69 Å². The molecular weight excluding hydrogens is 262 g/mol. The summed E-state index contributed by atoms with van der Waals surface area (Å²) in [6.07, 6.45) is 3.57. The molecule has 0 unspecified atom stereocenters. The average Bonchev–Trinajstić information content (AvgIpc) is 2.41. The number of hydrogen-bond acceptors (Lipinski definition) is 3. The third kappa shape index (κ3) is 3.18. The van der Waals surface area contributed by atoms with Crippen molar-refractivity contribution < 1.29 is 4.79 Å². The number of piperidine rings is 1. The van der Waals surface area contributed by atoms with E-state index < -0.39 is 0 Å². The van der Waals surface area contributed by atoms with Crippen LogP contribution in [-0.4, -0.2) is 28.9 Å². The number of rotatable bonds is 2. The second-order valence-corrected chi connectivity index (χ2v) is 5.84. The quantitative estimate of drug-likeness (QED) is 0.848. The summed E-state index contributed by atoms with van der Waals surface area (Å²) in [6, 6.07) is 1.60.